The van der Waals surface area contributed by atoms with Gasteiger partial charge in [0.1, 0.15) is 0 Å². The Morgan fingerprint density at radius 1 is 0.390 bits per heavy atom. The largest absolute Gasteiger partial charge is 0.500 e. The highest BCUT2D eigenvalue weighted by Crippen LogP contribution is 2.45. The molecule has 1 aromatic rings. The Bertz CT molecular complexity index is 1080. The van der Waals surface area contributed by atoms with E-state index in [0.29, 0.717) is 59.5 Å². The Balaban J connectivity index is 2.66. The molecule has 0 unspecified atom stereocenters. The lowest BCUT2D eigenvalue weighted by Crippen LogP contribution is -2.46. The number of aryl methyl sites for hydroxylation is 2. The molecule has 0 aliphatic heterocycles. The molecule has 0 bridgehead atoms. The molecule has 0 aromatic heterocycles. The summed E-state index contributed by atoms with van der Waals surface area (Å²) in [4.78, 5) is 0. The van der Waals surface area contributed by atoms with Crippen LogP contribution in [0, 0.1) is 0 Å². The normalized spacial score (nSPS) is 12.6. The molecule has 0 atom stereocenters. The van der Waals surface area contributed by atoms with Gasteiger partial charge in [-0.05, 0) is 156 Å². The van der Waals surface area contributed by atoms with Crippen LogP contribution in [0.5, 0.6) is 0 Å². The molecule has 21 heteroatoms. The molecule has 0 saturated heterocycles. The highest BCUT2D eigenvalue weighted by atomic mass is 33.7. The molecule has 0 N–H and O–H groups in total. The van der Waals surface area contributed by atoms with Crippen molar-refractivity contribution in [3.63, 3.8) is 0 Å². The van der Waals surface area contributed by atoms with Crippen LogP contribution in [-0.2, 0) is 58.4 Å². The average Bonchev–Trinajstić information content (AvgIpc) is 3.21. The fourth-order valence-corrected chi connectivity index (χ4v) is 27.7. The smallest absolute Gasteiger partial charge is 0.374 e. The topological polar surface area (TPSA) is 83.1 Å². The van der Waals surface area contributed by atoms with Crippen molar-refractivity contribution >= 4 is 121 Å². The van der Waals surface area contributed by atoms with Gasteiger partial charge in [0, 0.05) is 106 Å². The van der Waals surface area contributed by atoms with E-state index in [1.807, 2.05) is 157 Å². The van der Waals surface area contributed by atoms with Crippen LogP contribution in [0.2, 0.25) is 18.1 Å². The van der Waals surface area contributed by atoms with E-state index in [1.165, 1.54) is 16.7 Å². The standard InChI is InChI=1S/C38H76O9S9Si3/c1-10-39-57(40-11-2,41-12-3)31-19-26-48-35-36-22-23-37(24-29-51-55-53-49-27-20-32-58(42-13-4,43-14-5)44-15-6)38(34-36)25-30-52-56-54-50-28-21-33-59(45-16-7,46-17-8)47-18-9/h22-23,34H,10-21,24-33,35H2,1-9H3. The van der Waals surface area contributed by atoms with Crippen LogP contribution < -0.4 is 0 Å². The first-order chi connectivity index (χ1) is 28.8. The van der Waals surface area contributed by atoms with Gasteiger partial charge in [-0.2, -0.15) is 11.8 Å². The van der Waals surface area contributed by atoms with Gasteiger partial charge >= 0.3 is 26.4 Å². The lowest BCUT2D eigenvalue weighted by Gasteiger charge is -2.28. The van der Waals surface area contributed by atoms with Crippen LogP contribution in [0.15, 0.2) is 18.2 Å². The summed E-state index contributed by atoms with van der Waals surface area (Å²) in [6.07, 6.45) is 5.25. The number of benzene rings is 1. The fraction of sp³-hybridized carbons (Fsp3) is 0.842. The van der Waals surface area contributed by atoms with Crippen molar-refractivity contribution in [2.45, 2.75) is 118 Å². The zero-order valence-corrected chi connectivity index (χ0v) is 47.7. The van der Waals surface area contributed by atoms with Crippen molar-refractivity contribution in [2.75, 3.05) is 88.2 Å². The molecule has 1 aromatic carbocycles. The molecule has 0 spiro atoms. The molecule has 0 fully saturated rings. The molecule has 348 valence electrons. The van der Waals surface area contributed by atoms with Gasteiger partial charge in [-0.15, -0.1) is 0 Å². The van der Waals surface area contributed by atoms with Crippen LogP contribution in [0.1, 0.15) is 98.3 Å². The maximum Gasteiger partial charge on any atom is 0.500 e. The second-order valence-electron chi connectivity index (χ2n) is 12.5. The second-order valence-corrected chi connectivity index (χ2v) is 34.3. The fourth-order valence-electron chi connectivity index (χ4n) is 6.04. The first-order valence-electron chi connectivity index (χ1n) is 21.4. The van der Waals surface area contributed by atoms with Gasteiger partial charge in [0.25, 0.3) is 0 Å². The van der Waals surface area contributed by atoms with Crippen molar-refractivity contribution in [3.8, 4) is 0 Å². The summed E-state index contributed by atoms with van der Waals surface area (Å²) in [6.45, 7) is 23.8. The summed E-state index contributed by atoms with van der Waals surface area (Å²) in [5.74, 6) is 6.36. The third kappa shape index (κ3) is 27.8. The molecule has 59 heavy (non-hydrogen) atoms. The summed E-state index contributed by atoms with van der Waals surface area (Å²) >= 11 is 1.99. The van der Waals surface area contributed by atoms with E-state index in [4.69, 9.17) is 39.8 Å². The minimum Gasteiger partial charge on any atom is -0.374 e. The van der Waals surface area contributed by atoms with E-state index in [2.05, 4.69) is 18.2 Å². The zero-order valence-electron chi connectivity index (χ0n) is 37.3. The van der Waals surface area contributed by atoms with E-state index in [-0.39, 0.29) is 0 Å². The first-order valence-corrected chi connectivity index (χ1v) is 38.7. The predicted octanol–water partition coefficient (Wildman–Crippen LogP) is 13.7. The number of hydrogen-bond donors (Lipinski definition) is 0. The molecule has 0 aliphatic rings. The molecule has 0 heterocycles. The van der Waals surface area contributed by atoms with Crippen LogP contribution in [0.3, 0.4) is 0 Å². The monoisotopic (exact) mass is 1050 g/mol. The summed E-state index contributed by atoms with van der Waals surface area (Å²) in [5, 5.41) is 0. The third-order valence-electron chi connectivity index (χ3n) is 8.17. The minimum absolute atomic E-state index is 0.625. The van der Waals surface area contributed by atoms with Gasteiger partial charge in [0.05, 0.1) is 0 Å². The number of rotatable bonds is 44. The summed E-state index contributed by atoms with van der Waals surface area (Å²) in [6, 6.07) is 9.82. The van der Waals surface area contributed by atoms with Crippen LogP contribution >= 0.6 is 94.2 Å². The molecular weight excluding hydrogens is 973 g/mol. The first kappa shape index (κ1) is 59.7. The van der Waals surface area contributed by atoms with E-state index >= 15 is 0 Å². The van der Waals surface area contributed by atoms with Crippen molar-refractivity contribution in [1.82, 2.24) is 0 Å². The SMILES string of the molecule is CCO[Si](CCCSCc1ccc(CCSSSSCCC[Si](OCC)(OCC)OCC)c(CCSSSSCCC[Si](OCC)(OCC)OCC)c1)(OCC)OCC. The summed E-state index contributed by atoms with van der Waals surface area (Å²) in [7, 11) is 7.61. The summed E-state index contributed by atoms with van der Waals surface area (Å²) in [5.41, 5.74) is 4.38. The van der Waals surface area contributed by atoms with Crippen molar-refractivity contribution in [2.24, 2.45) is 0 Å². The van der Waals surface area contributed by atoms with Crippen LogP contribution in [-0.4, -0.2) is 115 Å². The minimum atomic E-state index is -2.59. The van der Waals surface area contributed by atoms with E-state index in [9.17, 15) is 0 Å². The highest BCUT2D eigenvalue weighted by Gasteiger charge is 2.41. The van der Waals surface area contributed by atoms with Gasteiger partial charge in [-0.3, -0.25) is 0 Å². The molecular formula is C38H76O9S9Si3. The second kappa shape index (κ2) is 39.8. The summed E-state index contributed by atoms with van der Waals surface area (Å²) < 4.78 is 54.3. The molecule has 0 saturated carbocycles. The van der Waals surface area contributed by atoms with Gasteiger partial charge in [-0.25, -0.2) is 0 Å². The van der Waals surface area contributed by atoms with Crippen molar-refractivity contribution in [1.29, 1.82) is 0 Å². The molecule has 1 rings (SSSR count). The highest BCUT2D eigenvalue weighted by molar-refractivity contribution is 9.26. The average molecular weight is 1050 g/mol. The molecule has 9 nitrogen and oxygen atoms in total. The molecule has 0 radical (unpaired) electrons. The maximum absolute atomic E-state index is 6.07. The Morgan fingerprint density at radius 3 is 1.07 bits per heavy atom. The molecule has 0 aliphatic carbocycles. The Hall–Kier alpha value is 2.66. The van der Waals surface area contributed by atoms with E-state index in [1.54, 1.807) is 0 Å². The molecule has 0 amide bonds. The quantitative estimate of drug-likeness (QED) is 0.0353. The number of thioether (sulfide) groups is 1. The van der Waals surface area contributed by atoms with Crippen LogP contribution in [0.4, 0.5) is 0 Å². The lowest BCUT2D eigenvalue weighted by atomic mass is 10.0. The maximum atomic E-state index is 6.07. The Morgan fingerprint density at radius 2 is 0.712 bits per heavy atom. The van der Waals surface area contributed by atoms with E-state index in [0.717, 1.165) is 84.8 Å². The Kier molecular flexibility index (Phi) is 40.3. The van der Waals surface area contributed by atoms with Crippen LogP contribution in [0.25, 0.3) is 0 Å². The van der Waals surface area contributed by atoms with Gasteiger partial charge in [-0.1, -0.05) is 61.4 Å². The third-order valence-corrected chi connectivity index (χ3v) is 31.8. The van der Waals surface area contributed by atoms with Gasteiger partial charge in [0.2, 0.25) is 0 Å². The van der Waals surface area contributed by atoms with Gasteiger partial charge < -0.3 is 39.8 Å². The van der Waals surface area contributed by atoms with Gasteiger partial charge in [0.15, 0.2) is 0 Å². The lowest BCUT2D eigenvalue weighted by molar-refractivity contribution is 0.0704. The van der Waals surface area contributed by atoms with Crippen molar-refractivity contribution < 1.29 is 39.8 Å². The van der Waals surface area contributed by atoms with Crippen molar-refractivity contribution in [3.05, 3.63) is 34.9 Å². The zero-order chi connectivity index (χ0) is 43.3. The number of hydrogen-bond acceptors (Lipinski definition) is 18. The van der Waals surface area contributed by atoms with E-state index < -0.39 is 26.4 Å². The Labute approximate surface area is 398 Å². The predicted molar refractivity (Wildman–Crippen MR) is 280 cm³/mol.